The van der Waals surface area contributed by atoms with Gasteiger partial charge in [-0.1, -0.05) is 17.3 Å². The molecule has 1 saturated heterocycles. The summed E-state index contributed by atoms with van der Waals surface area (Å²) in [5, 5.41) is 7.20. The van der Waals surface area contributed by atoms with E-state index in [1.165, 1.54) is 12.1 Å². The van der Waals surface area contributed by atoms with Crippen molar-refractivity contribution in [3.8, 4) is 0 Å². The summed E-state index contributed by atoms with van der Waals surface area (Å²) in [4.78, 5) is 4.34. The van der Waals surface area contributed by atoms with E-state index < -0.39 is 0 Å². The Labute approximate surface area is 116 Å². The Hall–Kier alpha value is -1.79. The van der Waals surface area contributed by atoms with Gasteiger partial charge in [-0.2, -0.15) is 4.98 Å². The number of ether oxygens (including phenoxy) is 1. The monoisotopic (exact) mass is 277 g/mol. The highest BCUT2D eigenvalue weighted by molar-refractivity contribution is 5.19. The van der Waals surface area contributed by atoms with E-state index in [9.17, 15) is 4.39 Å². The zero-order valence-electron chi connectivity index (χ0n) is 11.0. The number of halogens is 1. The van der Waals surface area contributed by atoms with Gasteiger partial charge in [0.1, 0.15) is 5.82 Å². The smallest absolute Gasteiger partial charge is 0.229 e. The summed E-state index contributed by atoms with van der Waals surface area (Å²) in [6, 6.07) is 6.30. The number of hydrogen-bond donors (Lipinski definition) is 1. The van der Waals surface area contributed by atoms with Crippen molar-refractivity contribution in [2.75, 3.05) is 19.7 Å². The Balaban J connectivity index is 1.60. The van der Waals surface area contributed by atoms with Crippen molar-refractivity contribution < 1.29 is 13.7 Å². The summed E-state index contributed by atoms with van der Waals surface area (Å²) in [6.45, 7) is 2.40. The minimum absolute atomic E-state index is 0.0860. The van der Waals surface area contributed by atoms with Gasteiger partial charge in [-0.25, -0.2) is 4.39 Å². The van der Waals surface area contributed by atoms with E-state index in [1.54, 1.807) is 12.1 Å². The van der Waals surface area contributed by atoms with Crippen LogP contribution in [-0.4, -0.2) is 35.9 Å². The van der Waals surface area contributed by atoms with Crippen LogP contribution < -0.4 is 5.32 Å². The molecule has 1 aliphatic heterocycles. The quantitative estimate of drug-likeness (QED) is 0.913. The molecule has 2 aromatic rings. The van der Waals surface area contributed by atoms with E-state index in [0.717, 1.165) is 18.7 Å². The maximum atomic E-state index is 12.8. The number of aromatic nitrogens is 2. The molecule has 1 fully saturated rings. The van der Waals surface area contributed by atoms with Crippen LogP contribution in [-0.2, 0) is 17.6 Å². The molecule has 0 saturated carbocycles. The van der Waals surface area contributed by atoms with Gasteiger partial charge in [-0.05, 0) is 17.7 Å². The third kappa shape index (κ3) is 3.40. The van der Waals surface area contributed by atoms with E-state index in [1.807, 2.05) is 0 Å². The van der Waals surface area contributed by atoms with Crippen LogP contribution in [0.25, 0.3) is 0 Å². The van der Waals surface area contributed by atoms with Gasteiger partial charge >= 0.3 is 0 Å². The molecule has 20 heavy (non-hydrogen) atoms. The van der Waals surface area contributed by atoms with E-state index in [4.69, 9.17) is 9.26 Å². The summed E-state index contributed by atoms with van der Waals surface area (Å²) < 4.78 is 23.6. The lowest BCUT2D eigenvalue weighted by Crippen LogP contribution is -2.39. The molecule has 5 nitrogen and oxygen atoms in total. The molecule has 2 heterocycles. The highest BCUT2D eigenvalue weighted by atomic mass is 19.1. The van der Waals surface area contributed by atoms with E-state index in [2.05, 4.69) is 15.5 Å². The molecule has 0 amide bonds. The number of nitrogens with one attached hydrogen (secondary N) is 1. The molecule has 0 spiro atoms. The van der Waals surface area contributed by atoms with E-state index in [-0.39, 0.29) is 11.9 Å². The Bertz CT molecular complexity index is 550. The summed E-state index contributed by atoms with van der Waals surface area (Å²) >= 11 is 0. The molecule has 1 aromatic carbocycles. The van der Waals surface area contributed by atoms with Crippen molar-refractivity contribution in [3.63, 3.8) is 0 Å². The second-order valence-corrected chi connectivity index (χ2v) is 4.81. The lowest BCUT2D eigenvalue weighted by molar-refractivity contribution is 0.0246. The number of nitrogens with zero attached hydrogens (tertiary/aromatic N) is 2. The average Bonchev–Trinajstić information content (AvgIpc) is 2.90. The molecule has 3 rings (SSSR count). The molecular formula is C14H16FN3O2. The van der Waals surface area contributed by atoms with Crippen molar-refractivity contribution in [3.05, 3.63) is 47.4 Å². The third-order valence-corrected chi connectivity index (χ3v) is 3.19. The Morgan fingerprint density at radius 1 is 1.30 bits per heavy atom. The van der Waals surface area contributed by atoms with Crippen LogP contribution in [0.1, 0.15) is 17.3 Å². The fraction of sp³-hybridized carbons (Fsp3) is 0.429. The van der Waals surface area contributed by atoms with Crippen LogP contribution >= 0.6 is 0 Å². The minimum Gasteiger partial charge on any atom is -0.375 e. The highest BCUT2D eigenvalue weighted by Gasteiger charge is 2.17. The van der Waals surface area contributed by atoms with Crippen LogP contribution in [0.3, 0.4) is 0 Å². The van der Waals surface area contributed by atoms with Gasteiger partial charge in [-0.15, -0.1) is 0 Å². The predicted octanol–water partition coefficient (Wildman–Crippen LogP) is 1.33. The van der Waals surface area contributed by atoms with Gasteiger partial charge < -0.3 is 14.6 Å². The predicted molar refractivity (Wildman–Crippen MR) is 69.8 cm³/mol. The lowest BCUT2D eigenvalue weighted by atomic mass is 10.1. The Kier molecular flexibility index (Phi) is 4.03. The summed E-state index contributed by atoms with van der Waals surface area (Å²) in [6.07, 6.45) is 1.24. The Morgan fingerprint density at radius 2 is 2.15 bits per heavy atom. The number of hydrogen-bond acceptors (Lipinski definition) is 5. The van der Waals surface area contributed by atoms with Gasteiger partial charge in [-0.3, -0.25) is 0 Å². The molecule has 1 aromatic heterocycles. The van der Waals surface area contributed by atoms with Gasteiger partial charge in [0, 0.05) is 19.5 Å². The zero-order chi connectivity index (χ0) is 13.8. The van der Waals surface area contributed by atoms with Crippen LogP contribution in [0.2, 0.25) is 0 Å². The number of benzene rings is 1. The topological polar surface area (TPSA) is 60.2 Å². The lowest BCUT2D eigenvalue weighted by Gasteiger charge is -2.21. The van der Waals surface area contributed by atoms with Crippen LogP contribution in [0.15, 0.2) is 28.8 Å². The van der Waals surface area contributed by atoms with Gasteiger partial charge in [0.05, 0.1) is 19.1 Å². The molecule has 1 N–H and O–H groups in total. The second kappa shape index (κ2) is 6.11. The van der Waals surface area contributed by atoms with Gasteiger partial charge in [0.15, 0.2) is 5.82 Å². The maximum absolute atomic E-state index is 12.8. The van der Waals surface area contributed by atoms with Crippen molar-refractivity contribution in [2.24, 2.45) is 0 Å². The van der Waals surface area contributed by atoms with Gasteiger partial charge in [0.2, 0.25) is 5.89 Å². The molecule has 1 atom stereocenters. The molecular weight excluding hydrogens is 261 g/mol. The molecule has 0 radical (unpaired) electrons. The van der Waals surface area contributed by atoms with Crippen molar-refractivity contribution in [1.82, 2.24) is 15.5 Å². The normalized spacial score (nSPS) is 19.1. The molecule has 0 bridgehead atoms. The van der Waals surface area contributed by atoms with Crippen LogP contribution in [0, 0.1) is 5.82 Å². The van der Waals surface area contributed by atoms with E-state index >= 15 is 0 Å². The fourth-order valence-corrected chi connectivity index (χ4v) is 2.18. The third-order valence-electron chi connectivity index (χ3n) is 3.19. The number of rotatable bonds is 4. The second-order valence-electron chi connectivity index (χ2n) is 4.81. The van der Waals surface area contributed by atoms with Crippen LogP contribution in [0.4, 0.5) is 4.39 Å². The van der Waals surface area contributed by atoms with Crippen molar-refractivity contribution >= 4 is 0 Å². The summed E-state index contributed by atoms with van der Waals surface area (Å²) in [7, 11) is 0. The summed E-state index contributed by atoms with van der Waals surface area (Å²) in [5.74, 6) is 0.940. The largest absolute Gasteiger partial charge is 0.375 e. The minimum atomic E-state index is -0.246. The first-order valence-electron chi connectivity index (χ1n) is 6.68. The molecule has 1 unspecified atom stereocenters. The fourth-order valence-electron chi connectivity index (χ4n) is 2.18. The summed E-state index contributed by atoms with van der Waals surface area (Å²) in [5.41, 5.74) is 0.953. The van der Waals surface area contributed by atoms with Crippen LogP contribution in [0.5, 0.6) is 0 Å². The molecule has 106 valence electrons. The first kappa shape index (κ1) is 13.2. The van der Waals surface area contributed by atoms with Crippen molar-refractivity contribution in [2.45, 2.75) is 18.9 Å². The standard InChI is InChI=1S/C14H16FN3O2/c15-11-3-1-10(2-4-11)7-13-17-14(20-18-13)8-12-9-16-5-6-19-12/h1-4,12,16H,5-9H2. The first-order valence-corrected chi connectivity index (χ1v) is 6.68. The van der Waals surface area contributed by atoms with Crippen molar-refractivity contribution in [1.29, 1.82) is 0 Å². The zero-order valence-corrected chi connectivity index (χ0v) is 11.0. The first-order chi connectivity index (χ1) is 9.79. The molecule has 1 aliphatic rings. The SMILES string of the molecule is Fc1ccc(Cc2noc(CC3CNCCO3)n2)cc1. The maximum Gasteiger partial charge on any atom is 0.229 e. The van der Waals surface area contributed by atoms with Gasteiger partial charge in [0.25, 0.3) is 0 Å². The Morgan fingerprint density at radius 3 is 2.90 bits per heavy atom. The molecule has 6 heteroatoms. The average molecular weight is 277 g/mol. The highest BCUT2D eigenvalue weighted by Crippen LogP contribution is 2.10. The molecule has 0 aliphatic carbocycles. The van der Waals surface area contributed by atoms with E-state index in [0.29, 0.717) is 31.2 Å². The number of morpholine rings is 1.